The van der Waals surface area contributed by atoms with E-state index in [0.29, 0.717) is 9.90 Å². The number of aryl methyl sites for hydroxylation is 1. The van der Waals surface area contributed by atoms with E-state index in [1.807, 2.05) is 6.92 Å². The van der Waals surface area contributed by atoms with E-state index in [1.165, 1.54) is 11.3 Å². The van der Waals surface area contributed by atoms with Crippen molar-refractivity contribution < 1.29 is 4.79 Å². The Morgan fingerprint density at radius 2 is 2.40 bits per heavy atom. The minimum absolute atomic E-state index is 0.416. The summed E-state index contributed by atoms with van der Waals surface area (Å²) in [7, 11) is 0. The van der Waals surface area contributed by atoms with Gasteiger partial charge in [-0.2, -0.15) is 0 Å². The molecule has 2 nitrogen and oxygen atoms in total. The third-order valence-electron chi connectivity index (χ3n) is 1.15. The molecule has 2 N–H and O–H groups in total. The Hall–Kier alpha value is -0.540. The van der Waals surface area contributed by atoms with Crippen LogP contribution in [-0.2, 0) is 0 Å². The van der Waals surface area contributed by atoms with E-state index < -0.39 is 5.91 Å². The molecule has 1 aromatic rings. The van der Waals surface area contributed by atoms with Gasteiger partial charge in [0.05, 0.1) is 9.90 Å². The van der Waals surface area contributed by atoms with Crippen LogP contribution in [0.15, 0.2) is 6.07 Å². The third-order valence-corrected chi connectivity index (χ3v) is 2.33. The SMILES string of the molecule is Cc1sc(Cl)cc1C(N)=O. The van der Waals surface area contributed by atoms with Crippen molar-refractivity contribution in [1.29, 1.82) is 0 Å². The lowest BCUT2D eigenvalue weighted by Crippen LogP contribution is -2.10. The van der Waals surface area contributed by atoms with Gasteiger partial charge in [-0.1, -0.05) is 11.6 Å². The fourth-order valence-corrected chi connectivity index (χ4v) is 1.89. The van der Waals surface area contributed by atoms with Crippen LogP contribution in [0.25, 0.3) is 0 Å². The van der Waals surface area contributed by atoms with Gasteiger partial charge in [-0.15, -0.1) is 11.3 Å². The van der Waals surface area contributed by atoms with E-state index in [0.717, 1.165) is 4.88 Å². The number of hydrogen-bond acceptors (Lipinski definition) is 2. The van der Waals surface area contributed by atoms with Crippen LogP contribution in [-0.4, -0.2) is 5.91 Å². The zero-order chi connectivity index (χ0) is 7.72. The van der Waals surface area contributed by atoms with Crippen LogP contribution in [0.4, 0.5) is 0 Å². The van der Waals surface area contributed by atoms with Gasteiger partial charge in [-0.3, -0.25) is 4.79 Å². The van der Waals surface area contributed by atoms with Gasteiger partial charge in [0.15, 0.2) is 0 Å². The molecule has 0 aliphatic rings. The number of nitrogens with two attached hydrogens (primary N) is 1. The molecule has 0 aliphatic carbocycles. The second-order valence-electron chi connectivity index (χ2n) is 1.88. The smallest absolute Gasteiger partial charge is 0.249 e. The molecular weight excluding hydrogens is 170 g/mol. The lowest BCUT2D eigenvalue weighted by Gasteiger charge is -1.87. The normalized spacial score (nSPS) is 9.80. The molecule has 10 heavy (non-hydrogen) atoms. The molecule has 1 rings (SSSR count). The Balaban J connectivity index is 3.15. The Morgan fingerprint density at radius 3 is 2.60 bits per heavy atom. The summed E-state index contributed by atoms with van der Waals surface area (Å²) >= 11 is 6.98. The predicted molar refractivity (Wildman–Crippen MR) is 42.6 cm³/mol. The van der Waals surface area contributed by atoms with Crippen LogP contribution < -0.4 is 5.73 Å². The molecular formula is C6H6ClNOS. The number of amides is 1. The molecule has 54 valence electrons. The van der Waals surface area contributed by atoms with Crippen LogP contribution in [0, 0.1) is 6.92 Å². The summed E-state index contributed by atoms with van der Waals surface area (Å²) in [6.45, 7) is 1.82. The quantitative estimate of drug-likeness (QED) is 0.695. The number of thiophene rings is 1. The van der Waals surface area contributed by atoms with Crippen molar-refractivity contribution in [2.75, 3.05) is 0 Å². The Bertz CT molecular complexity index is 269. The van der Waals surface area contributed by atoms with Crippen molar-refractivity contribution in [3.05, 3.63) is 20.8 Å². The number of carbonyl (C=O) groups is 1. The first kappa shape index (κ1) is 7.57. The number of rotatable bonds is 1. The first-order valence-corrected chi connectivity index (χ1v) is 3.86. The van der Waals surface area contributed by atoms with Gasteiger partial charge in [-0.05, 0) is 13.0 Å². The van der Waals surface area contributed by atoms with E-state index in [4.69, 9.17) is 17.3 Å². The van der Waals surface area contributed by atoms with E-state index in [2.05, 4.69) is 0 Å². The zero-order valence-corrected chi connectivity index (χ0v) is 6.92. The summed E-state index contributed by atoms with van der Waals surface area (Å²) in [6, 6.07) is 1.59. The molecule has 1 amide bonds. The monoisotopic (exact) mass is 175 g/mol. The zero-order valence-electron chi connectivity index (χ0n) is 5.35. The second kappa shape index (κ2) is 2.60. The van der Waals surface area contributed by atoms with Gasteiger partial charge in [0.2, 0.25) is 5.91 Å². The maximum atomic E-state index is 10.6. The van der Waals surface area contributed by atoms with E-state index in [1.54, 1.807) is 6.07 Å². The van der Waals surface area contributed by atoms with Crippen LogP contribution in [0.2, 0.25) is 4.34 Å². The topological polar surface area (TPSA) is 43.1 Å². The number of primary amides is 1. The Kier molecular flexibility index (Phi) is 1.97. The van der Waals surface area contributed by atoms with Gasteiger partial charge >= 0.3 is 0 Å². The van der Waals surface area contributed by atoms with Gasteiger partial charge in [0.25, 0.3) is 0 Å². The lowest BCUT2D eigenvalue weighted by atomic mass is 10.3. The highest BCUT2D eigenvalue weighted by Crippen LogP contribution is 2.25. The molecule has 0 radical (unpaired) electrons. The summed E-state index contributed by atoms with van der Waals surface area (Å²) < 4.78 is 0.603. The summed E-state index contributed by atoms with van der Waals surface area (Å²) in [4.78, 5) is 11.5. The molecule has 0 fully saturated rings. The molecule has 0 aromatic carbocycles. The van der Waals surface area contributed by atoms with Crippen molar-refractivity contribution in [1.82, 2.24) is 0 Å². The highest BCUT2D eigenvalue weighted by molar-refractivity contribution is 7.16. The van der Waals surface area contributed by atoms with E-state index in [9.17, 15) is 4.79 Å². The molecule has 0 spiro atoms. The Labute approximate surface area is 67.6 Å². The number of carbonyl (C=O) groups excluding carboxylic acids is 1. The van der Waals surface area contributed by atoms with E-state index in [-0.39, 0.29) is 0 Å². The van der Waals surface area contributed by atoms with Crippen molar-refractivity contribution in [2.45, 2.75) is 6.92 Å². The lowest BCUT2D eigenvalue weighted by molar-refractivity contribution is 0.100. The molecule has 0 atom stereocenters. The van der Waals surface area contributed by atoms with Crippen LogP contribution in [0.1, 0.15) is 15.2 Å². The first-order chi connectivity index (χ1) is 4.61. The summed E-state index contributed by atoms with van der Waals surface area (Å²) in [5, 5.41) is 0. The Morgan fingerprint density at radius 1 is 1.80 bits per heavy atom. The minimum atomic E-state index is -0.416. The molecule has 0 unspecified atom stereocenters. The molecule has 1 heterocycles. The van der Waals surface area contributed by atoms with Gasteiger partial charge < -0.3 is 5.73 Å². The standard InChI is InChI=1S/C6H6ClNOS/c1-3-4(6(8)9)2-5(7)10-3/h2H,1H3,(H2,8,9). The summed E-state index contributed by atoms with van der Waals surface area (Å²) in [6.07, 6.45) is 0. The molecule has 0 saturated carbocycles. The van der Waals surface area contributed by atoms with Crippen molar-refractivity contribution in [2.24, 2.45) is 5.73 Å². The first-order valence-electron chi connectivity index (χ1n) is 2.67. The van der Waals surface area contributed by atoms with Crippen LogP contribution in [0.5, 0.6) is 0 Å². The molecule has 4 heteroatoms. The highest BCUT2D eigenvalue weighted by atomic mass is 35.5. The van der Waals surface area contributed by atoms with Crippen LogP contribution in [0.3, 0.4) is 0 Å². The summed E-state index contributed by atoms with van der Waals surface area (Å²) in [5.74, 6) is -0.416. The third kappa shape index (κ3) is 1.30. The van der Waals surface area contributed by atoms with Crippen molar-refractivity contribution >= 4 is 28.8 Å². The molecule has 0 saturated heterocycles. The van der Waals surface area contributed by atoms with Crippen molar-refractivity contribution in [3.63, 3.8) is 0 Å². The largest absolute Gasteiger partial charge is 0.366 e. The van der Waals surface area contributed by atoms with Gasteiger partial charge in [0.1, 0.15) is 0 Å². The number of halogens is 1. The second-order valence-corrected chi connectivity index (χ2v) is 3.77. The summed E-state index contributed by atoms with van der Waals surface area (Å²) in [5.41, 5.74) is 5.56. The van der Waals surface area contributed by atoms with Crippen molar-refractivity contribution in [3.8, 4) is 0 Å². The fraction of sp³-hybridized carbons (Fsp3) is 0.167. The average Bonchev–Trinajstić information content (AvgIpc) is 2.10. The van der Waals surface area contributed by atoms with E-state index >= 15 is 0 Å². The number of hydrogen-bond donors (Lipinski definition) is 1. The maximum Gasteiger partial charge on any atom is 0.249 e. The molecule has 0 bridgehead atoms. The molecule has 1 aromatic heterocycles. The molecule has 0 aliphatic heterocycles. The van der Waals surface area contributed by atoms with Gasteiger partial charge in [0, 0.05) is 4.88 Å². The predicted octanol–water partition coefficient (Wildman–Crippen LogP) is 1.81. The van der Waals surface area contributed by atoms with Crippen LogP contribution >= 0.6 is 22.9 Å². The van der Waals surface area contributed by atoms with Gasteiger partial charge in [-0.25, -0.2) is 0 Å². The average molecular weight is 176 g/mol. The maximum absolute atomic E-state index is 10.6. The minimum Gasteiger partial charge on any atom is -0.366 e. The highest BCUT2D eigenvalue weighted by Gasteiger charge is 2.07. The fourth-order valence-electron chi connectivity index (χ4n) is 0.690.